The van der Waals surface area contributed by atoms with Crippen molar-refractivity contribution in [3.63, 3.8) is 0 Å². The lowest BCUT2D eigenvalue weighted by molar-refractivity contribution is -0.137. The largest absolute Gasteiger partial charge is 0.416 e. The van der Waals surface area contributed by atoms with E-state index in [0.717, 1.165) is 46.8 Å². The van der Waals surface area contributed by atoms with Crippen LogP contribution in [0.5, 0.6) is 0 Å². The molecule has 154 valence electrons. The van der Waals surface area contributed by atoms with Gasteiger partial charge in [0.2, 0.25) is 0 Å². The summed E-state index contributed by atoms with van der Waals surface area (Å²) in [6, 6.07) is 15.1. The Labute approximate surface area is 174 Å². The first-order valence-electron chi connectivity index (χ1n) is 9.74. The molecule has 1 aromatic heterocycles. The summed E-state index contributed by atoms with van der Waals surface area (Å²) in [5.74, 6) is 0. The smallest absolute Gasteiger partial charge is 0.317 e. The van der Waals surface area contributed by atoms with Crippen LogP contribution in [0.3, 0.4) is 0 Å². The Balaban J connectivity index is 2.14. The van der Waals surface area contributed by atoms with Crippen molar-refractivity contribution in [1.29, 1.82) is 5.26 Å². The second-order valence-corrected chi connectivity index (χ2v) is 7.35. The van der Waals surface area contributed by atoms with Gasteiger partial charge in [-0.2, -0.15) is 18.4 Å². The van der Waals surface area contributed by atoms with E-state index in [0.29, 0.717) is 0 Å². The maximum atomic E-state index is 13.1. The van der Waals surface area contributed by atoms with Gasteiger partial charge in [0.1, 0.15) is 0 Å². The molecule has 1 heterocycles. The summed E-state index contributed by atoms with van der Waals surface area (Å²) in [6.45, 7) is 8.12. The second-order valence-electron chi connectivity index (χ2n) is 7.35. The van der Waals surface area contributed by atoms with Crippen molar-refractivity contribution < 1.29 is 13.2 Å². The maximum absolute atomic E-state index is 13.1. The Morgan fingerprint density at radius 2 is 1.77 bits per heavy atom. The standard InChI is InChI=1S/C25H23F3N2/c1-5-19-9-6-8-16(2)24(19)30-17(3)12-21(18(30)4)13-22(15-29)20-10-7-11-23(14-20)25(26,27)28/h6-14H,5H2,1-4H3/b22-13-. The van der Waals surface area contributed by atoms with E-state index in [9.17, 15) is 18.4 Å². The SMILES string of the molecule is CCc1cccc(C)c1-n1c(C)cc(/C=C(/C#N)c2cccc(C(F)(F)F)c2)c1C. The Hall–Kier alpha value is -3.26. The van der Waals surface area contributed by atoms with Gasteiger partial charge in [-0.05, 0) is 73.7 Å². The van der Waals surface area contributed by atoms with Gasteiger partial charge in [0.05, 0.1) is 22.9 Å². The van der Waals surface area contributed by atoms with Crippen LogP contribution in [0.15, 0.2) is 48.5 Å². The number of rotatable bonds is 4. The van der Waals surface area contributed by atoms with Crippen LogP contribution in [0.1, 0.15) is 46.1 Å². The van der Waals surface area contributed by atoms with Crippen molar-refractivity contribution in [2.45, 2.75) is 40.3 Å². The van der Waals surface area contributed by atoms with E-state index < -0.39 is 11.7 Å². The van der Waals surface area contributed by atoms with Gasteiger partial charge in [-0.25, -0.2) is 0 Å². The number of nitrogens with zero attached hydrogens (tertiary/aromatic N) is 2. The molecule has 0 unspecified atom stereocenters. The Bertz CT molecular complexity index is 1160. The third-order valence-electron chi connectivity index (χ3n) is 5.32. The van der Waals surface area contributed by atoms with Gasteiger partial charge >= 0.3 is 6.18 Å². The van der Waals surface area contributed by atoms with Gasteiger partial charge in [0, 0.05) is 11.4 Å². The molecule has 0 aliphatic carbocycles. The lowest BCUT2D eigenvalue weighted by Crippen LogP contribution is -2.05. The van der Waals surface area contributed by atoms with E-state index in [1.165, 1.54) is 17.7 Å². The molecule has 0 saturated heterocycles. The fourth-order valence-corrected chi connectivity index (χ4v) is 3.80. The van der Waals surface area contributed by atoms with E-state index in [4.69, 9.17) is 0 Å². The first kappa shape index (κ1) is 21.4. The molecule has 2 aromatic carbocycles. The predicted octanol–water partition coefficient (Wildman–Crippen LogP) is 7.05. The monoisotopic (exact) mass is 408 g/mol. The summed E-state index contributed by atoms with van der Waals surface area (Å²) in [7, 11) is 0. The van der Waals surface area contributed by atoms with Crippen LogP contribution < -0.4 is 0 Å². The number of para-hydroxylation sites is 1. The van der Waals surface area contributed by atoms with Gasteiger partial charge in [-0.15, -0.1) is 0 Å². The molecule has 0 fully saturated rings. The number of halogens is 3. The molecule has 0 aliphatic heterocycles. The van der Waals surface area contributed by atoms with Crippen molar-refractivity contribution in [1.82, 2.24) is 4.57 Å². The number of nitriles is 1. The molecular formula is C25H23F3N2. The van der Waals surface area contributed by atoms with Crippen molar-refractivity contribution in [3.8, 4) is 11.8 Å². The molecule has 0 radical (unpaired) electrons. The average molecular weight is 408 g/mol. The van der Waals surface area contributed by atoms with Gasteiger partial charge in [-0.1, -0.05) is 37.3 Å². The van der Waals surface area contributed by atoms with Gasteiger partial charge in [0.25, 0.3) is 0 Å². The Kier molecular flexibility index (Phi) is 5.89. The number of aryl methyl sites for hydroxylation is 3. The molecule has 0 spiro atoms. The van der Waals surface area contributed by atoms with E-state index >= 15 is 0 Å². The first-order chi connectivity index (χ1) is 14.2. The number of alkyl halides is 3. The highest BCUT2D eigenvalue weighted by molar-refractivity contribution is 5.90. The summed E-state index contributed by atoms with van der Waals surface area (Å²) in [5.41, 5.74) is 5.92. The Morgan fingerprint density at radius 3 is 2.40 bits per heavy atom. The van der Waals surface area contributed by atoms with Crippen molar-refractivity contribution >= 4 is 11.6 Å². The normalized spacial score (nSPS) is 12.1. The zero-order valence-electron chi connectivity index (χ0n) is 17.4. The predicted molar refractivity (Wildman–Crippen MR) is 114 cm³/mol. The van der Waals surface area contributed by atoms with Gasteiger partial charge in [-0.3, -0.25) is 0 Å². The third-order valence-corrected chi connectivity index (χ3v) is 5.32. The van der Waals surface area contributed by atoms with Crippen LogP contribution >= 0.6 is 0 Å². The van der Waals surface area contributed by atoms with Crippen LogP contribution in [0, 0.1) is 32.1 Å². The first-order valence-corrected chi connectivity index (χ1v) is 9.74. The average Bonchev–Trinajstić information content (AvgIpc) is 2.98. The van der Waals surface area contributed by atoms with E-state index in [1.807, 2.05) is 26.0 Å². The molecule has 3 rings (SSSR count). The van der Waals surface area contributed by atoms with Crippen molar-refractivity contribution in [3.05, 3.63) is 87.7 Å². The molecule has 30 heavy (non-hydrogen) atoms. The summed E-state index contributed by atoms with van der Waals surface area (Å²) in [6.07, 6.45) is -1.90. The summed E-state index contributed by atoms with van der Waals surface area (Å²) in [5, 5.41) is 9.64. The maximum Gasteiger partial charge on any atom is 0.416 e. The highest BCUT2D eigenvalue weighted by Crippen LogP contribution is 2.32. The summed E-state index contributed by atoms with van der Waals surface area (Å²) in [4.78, 5) is 0. The van der Waals surface area contributed by atoms with Gasteiger partial charge < -0.3 is 4.57 Å². The molecule has 0 atom stereocenters. The molecule has 0 amide bonds. The van der Waals surface area contributed by atoms with E-state index in [2.05, 4.69) is 36.6 Å². The lowest BCUT2D eigenvalue weighted by atomic mass is 10.0. The topological polar surface area (TPSA) is 28.7 Å². The highest BCUT2D eigenvalue weighted by Gasteiger charge is 2.30. The van der Waals surface area contributed by atoms with Gasteiger partial charge in [0.15, 0.2) is 0 Å². The fraction of sp³-hybridized carbons (Fsp3) is 0.240. The van der Waals surface area contributed by atoms with E-state index in [-0.39, 0.29) is 11.1 Å². The molecule has 3 aromatic rings. The summed E-state index contributed by atoms with van der Waals surface area (Å²) >= 11 is 0. The summed E-state index contributed by atoms with van der Waals surface area (Å²) < 4.78 is 41.4. The molecule has 0 saturated carbocycles. The molecule has 0 N–H and O–H groups in total. The zero-order chi connectivity index (χ0) is 22.1. The minimum absolute atomic E-state index is 0.196. The van der Waals surface area contributed by atoms with Crippen LogP contribution in [0.4, 0.5) is 13.2 Å². The number of allylic oxidation sites excluding steroid dienone is 1. The third kappa shape index (κ3) is 4.04. The van der Waals surface area contributed by atoms with Crippen LogP contribution in [0.25, 0.3) is 17.3 Å². The van der Waals surface area contributed by atoms with E-state index in [1.54, 1.807) is 6.08 Å². The van der Waals surface area contributed by atoms with Crippen LogP contribution in [-0.2, 0) is 12.6 Å². The van der Waals surface area contributed by atoms with Crippen LogP contribution in [-0.4, -0.2) is 4.57 Å². The highest BCUT2D eigenvalue weighted by atomic mass is 19.4. The number of hydrogen-bond acceptors (Lipinski definition) is 1. The van der Waals surface area contributed by atoms with Crippen molar-refractivity contribution in [2.24, 2.45) is 0 Å². The molecule has 0 aliphatic rings. The number of hydrogen-bond donors (Lipinski definition) is 0. The molecule has 0 bridgehead atoms. The molecule has 2 nitrogen and oxygen atoms in total. The number of aromatic nitrogens is 1. The minimum Gasteiger partial charge on any atom is -0.317 e. The lowest BCUT2D eigenvalue weighted by Gasteiger charge is -2.17. The fourth-order valence-electron chi connectivity index (χ4n) is 3.80. The van der Waals surface area contributed by atoms with Crippen molar-refractivity contribution in [2.75, 3.05) is 0 Å². The number of benzene rings is 2. The second kappa shape index (κ2) is 8.23. The zero-order valence-corrected chi connectivity index (χ0v) is 17.4. The Morgan fingerprint density at radius 1 is 1.07 bits per heavy atom. The quantitative estimate of drug-likeness (QED) is 0.425. The molecule has 5 heteroatoms. The minimum atomic E-state index is -4.45. The van der Waals surface area contributed by atoms with Crippen LogP contribution in [0.2, 0.25) is 0 Å². The molecular weight excluding hydrogens is 385 g/mol.